The Hall–Kier alpha value is -2.42. The van der Waals surface area contributed by atoms with Gasteiger partial charge in [-0.25, -0.2) is 13.1 Å². The van der Waals surface area contributed by atoms with Crippen LogP contribution in [0.5, 0.6) is 5.75 Å². The van der Waals surface area contributed by atoms with Gasteiger partial charge in [0.1, 0.15) is 5.75 Å². The molecule has 1 amide bonds. The predicted molar refractivity (Wildman–Crippen MR) is 103 cm³/mol. The average molecular weight is 392 g/mol. The Morgan fingerprint density at radius 3 is 2.44 bits per heavy atom. The molecule has 2 aromatic carbocycles. The summed E-state index contributed by atoms with van der Waals surface area (Å²) in [5.74, 6) is 0.405. The number of rotatable bonds is 8. The summed E-state index contributed by atoms with van der Waals surface area (Å²) in [5.41, 5.74) is 1.82. The van der Waals surface area contributed by atoms with Crippen molar-refractivity contribution in [3.63, 3.8) is 0 Å². The summed E-state index contributed by atoms with van der Waals surface area (Å²) >= 11 is 0. The Morgan fingerprint density at radius 1 is 1.15 bits per heavy atom. The van der Waals surface area contributed by atoms with Crippen molar-refractivity contribution in [1.82, 2.24) is 4.72 Å². The normalized spacial score (nSPS) is 12.4. The van der Waals surface area contributed by atoms with Gasteiger partial charge in [-0.1, -0.05) is 18.2 Å². The quantitative estimate of drug-likeness (QED) is 0.720. The summed E-state index contributed by atoms with van der Waals surface area (Å²) < 4.78 is 38.8. The number of hydrogen-bond acceptors (Lipinski definition) is 5. The van der Waals surface area contributed by atoms with Gasteiger partial charge < -0.3 is 14.8 Å². The van der Waals surface area contributed by atoms with Gasteiger partial charge in [0.15, 0.2) is 0 Å². The minimum Gasteiger partial charge on any atom is -0.496 e. The van der Waals surface area contributed by atoms with Crippen LogP contribution in [0, 0.1) is 6.92 Å². The van der Waals surface area contributed by atoms with Crippen LogP contribution in [0.3, 0.4) is 0 Å². The van der Waals surface area contributed by atoms with E-state index in [9.17, 15) is 13.2 Å². The lowest BCUT2D eigenvalue weighted by Gasteiger charge is -2.19. The van der Waals surface area contributed by atoms with E-state index < -0.39 is 16.1 Å². The minimum absolute atomic E-state index is 0.0477. The smallest absolute Gasteiger partial charge is 0.240 e. The van der Waals surface area contributed by atoms with Crippen LogP contribution in [0.4, 0.5) is 5.69 Å². The highest BCUT2D eigenvalue weighted by atomic mass is 32.2. The molecule has 0 aliphatic heterocycles. The molecule has 0 saturated carbocycles. The molecule has 8 heteroatoms. The highest BCUT2D eigenvalue weighted by molar-refractivity contribution is 7.89. The van der Waals surface area contributed by atoms with Crippen LogP contribution in [-0.2, 0) is 19.6 Å². The highest BCUT2D eigenvalue weighted by Gasteiger charge is 2.21. The zero-order valence-corrected chi connectivity index (χ0v) is 16.6. The van der Waals surface area contributed by atoms with Gasteiger partial charge in [0.2, 0.25) is 15.9 Å². The van der Waals surface area contributed by atoms with Crippen LogP contribution in [-0.4, -0.2) is 35.1 Å². The third-order valence-corrected chi connectivity index (χ3v) is 5.60. The molecule has 0 saturated heterocycles. The zero-order chi connectivity index (χ0) is 20.0. The molecule has 27 heavy (non-hydrogen) atoms. The van der Waals surface area contributed by atoms with Crippen molar-refractivity contribution in [2.45, 2.75) is 24.8 Å². The van der Waals surface area contributed by atoms with Crippen LogP contribution in [0.15, 0.2) is 47.4 Å². The van der Waals surface area contributed by atoms with E-state index in [1.54, 1.807) is 32.2 Å². The van der Waals surface area contributed by atoms with Gasteiger partial charge in [-0.2, -0.15) is 0 Å². The molecular weight excluding hydrogens is 368 g/mol. The molecule has 0 radical (unpaired) electrons. The molecule has 146 valence electrons. The maximum Gasteiger partial charge on any atom is 0.240 e. The minimum atomic E-state index is -3.75. The molecular formula is C19H24N2O5S. The first-order valence-corrected chi connectivity index (χ1v) is 9.80. The molecule has 0 aliphatic rings. The van der Waals surface area contributed by atoms with Crippen molar-refractivity contribution >= 4 is 21.6 Å². The fraction of sp³-hybridized carbons (Fsp3) is 0.316. The number of aryl methyl sites for hydroxylation is 1. The first kappa shape index (κ1) is 20.9. The molecule has 0 fully saturated rings. The number of carbonyl (C=O) groups is 1. The van der Waals surface area contributed by atoms with Crippen molar-refractivity contribution in [2.75, 3.05) is 26.1 Å². The van der Waals surface area contributed by atoms with Crippen LogP contribution >= 0.6 is 0 Å². The SMILES string of the molecule is COc1ccccc1C(CNS(=O)(=O)c1ccc(NC(C)=O)cc1C)OC. The fourth-order valence-corrected chi connectivity index (χ4v) is 4.00. The van der Waals surface area contributed by atoms with Gasteiger partial charge in [0, 0.05) is 31.8 Å². The second-order valence-corrected chi connectivity index (χ2v) is 7.72. The van der Waals surface area contributed by atoms with Crippen molar-refractivity contribution < 1.29 is 22.7 Å². The standard InChI is InChI=1S/C19H24N2O5S/c1-13-11-15(21-14(2)22)9-10-19(13)27(23,24)20-12-18(26-4)16-7-5-6-8-17(16)25-3/h5-11,18,20H,12H2,1-4H3,(H,21,22). The van der Waals surface area contributed by atoms with E-state index in [0.29, 0.717) is 17.0 Å². The Labute approximate surface area is 159 Å². The lowest BCUT2D eigenvalue weighted by molar-refractivity contribution is -0.114. The van der Waals surface area contributed by atoms with Crippen molar-refractivity contribution in [3.8, 4) is 5.75 Å². The second kappa shape index (κ2) is 8.98. The summed E-state index contributed by atoms with van der Waals surface area (Å²) in [6.07, 6.45) is -0.505. The van der Waals surface area contributed by atoms with Crippen molar-refractivity contribution in [2.24, 2.45) is 0 Å². The molecule has 2 rings (SSSR count). The molecule has 0 aromatic heterocycles. The second-order valence-electron chi connectivity index (χ2n) is 5.98. The van der Waals surface area contributed by atoms with Gasteiger partial charge in [-0.15, -0.1) is 0 Å². The number of sulfonamides is 1. The number of anilines is 1. The third kappa shape index (κ3) is 5.29. The predicted octanol–water partition coefficient (Wildman–Crippen LogP) is 2.63. The Morgan fingerprint density at radius 2 is 1.85 bits per heavy atom. The summed E-state index contributed by atoms with van der Waals surface area (Å²) in [5, 5.41) is 2.63. The maximum absolute atomic E-state index is 12.7. The third-order valence-electron chi connectivity index (χ3n) is 4.01. The Balaban J connectivity index is 2.19. The van der Waals surface area contributed by atoms with Crippen LogP contribution < -0.4 is 14.8 Å². The van der Waals surface area contributed by atoms with Gasteiger partial charge >= 0.3 is 0 Å². The number of methoxy groups -OCH3 is 2. The zero-order valence-electron chi connectivity index (χ0n) is 15.8. The van der Waals surface area contributed by atoms with E-state index >= 15 is 0 Å². The molecule has 1 unspecified atom stereocenters. The average Bonchev–Trinajstić information content (AvgIpc) is 2.61. The summed E-state index contributed by atoms with van der Waals surface area (Å²) in [6.45, 7) is 3.12. The Bertz CT molecular complexity index is 912. The fourth-order valence-electron chi connectivity index (χ4n) is 2.75. The molecule has 2 aromatic rings. The molecule has 0 spiro atoms. The summed E-state index contributed by atoms with van der Waals surface area (Å²) in [6, 6.07) is 11.9. The monoisotopic (exact) mass is 392 g/mol. The lowest BCUT2D eigenvalue weighted by atomic mass is 10.1. The number of hydrogen-bond donors (Lipinski definition) is 2. The molecule has 0 bridgehead atoms. The van der Waals surface area contributed by atoms with Gasteiger partial charge in [-0.3, -0.25) is 4.79 Å². The van der Waals surface area contributed by atoms with Crippen LogP contribution in [0.1, 0.15) is 24.2 Å². The number of carbonyl (C=O) groups excluding carboxylic acids is 1. The lowest BCUT2D eigenvalue weighted by Crippen LogP contribution is -2.30. The molecule has 1 atom stereocenters. The van der Waals surface area contributed by atoms with E-state index in [0.717, 1.165) is 5.56 Å². The number of nitrogens with one attached hydrogen (secondary N) is 2. The molecule has 2 N–H and O–H groups in total. The number of ether oxygens (including phenoxy) is 2. The van der Waals surface area contributed by atoms with Gasteiger partial charge in [0.05, 0.1) is 18.1 Å². The van der Waals surface area contributed by atoms with E-state index in [1.165, 1.54) is 20.1 Å². The van der Waals surface area contributed by atoms with Crippen molar-refractivity contribution in [3.05, 3.63) is 53.6 Å². The van der Waals surface area contributed by atoms with E-state index in [1.807, 2.05) is 18.2 Å². The molecule has 0 heterocycles. The van der Waals surface area contributed by atoms with Crippen LogP contribution in [0.2, 0.25) is 0 Å². The highest BCUT2D eigenvalue weighted by Crippen LogP contribution is 2.27. The van der Waals surface area contributed by atoms with E-state index in [-0.39, 0.29) is 17.3 Å². The first-order valence-electron chi connectivity index (χ1n) is 8.32. The van der Waals surface area contributed by atoms with Gasteiger partial charge in [0.25, 0.3) is 0 Å². The number of amides is 1. The van der Waals surface area contributed by atoms with E-state index in [2.05, 4.69) is 10.0 Å². The van der Waals surface area contributed by atoms with Crippen LogP contribution in [0.25, 0.3) is 0 Å². The Kier molecular flexibility index (Phi) is 6.95. The molecule has 7 nitrogen and oxygen atoms in total. The topological polar surface area (TPSA) is 93.7 Å². The number of benzene rings is 2. The number of para-hydroxylation sites is 1. The summed E-state index contributed by atoms with van der Waals surface area (Å²) in [4.78, 5) is 11.3. The van der Waals surface area contributed by atoms with Crippen molar-refractivity contribution in [1.29, 1.82) is 0 Å². The largest absolute Gasteiger partial charge is 0.496 e. The van der Waals surface area contributed by atoms with E-state index in [4.69, 9.17) is 9.47 Å². The maximum atomic E-state index is 12.7. The van der Waals surface area contributed by atoms with Gasteiger partial charge in [-0.05, 0) is 36.8 Å². The molecule has 0 aliphatic carbocycles. The first-order chi connectivity index (χ1) is 12.8. The summed E-state index contributed by atoms with van der Waals surface area (Å²) in [7, 11) is -0.688.